The predicted octanol–water partition coefficient (Wildman–Crippen LogP) is 4.44. The van der Waals surface area contributed by atoms with Crippen molar-refractivity contribution in [2.75, 3.05) is 0 Å². The molecule has 0 bridgehead atoms. The highest BCUT2D eigenvalue weighted by Gasteiger charge is 2.30. The molecule has 0 aliphatic carbocycles. The third-order valence-electron chi connectivity index (χ3n) is 2.61. The van der Waals surface area contributed by atoms with Crippen molar-refractivity contribution in [3.05, 3.63) is 47.3 Å². The Kier molecular flexibility index (Phi) is 4.32. The van der Waals surface area contributed by atoms with Crippen molar-refractivity contribution in [2.24, 2.45) is 0 Å². The van der Waals surface area contributed by atoms with Crippen molar-refractivity contribution >= 4 is 0 Å². The molecule has 0 aliphatic rings. The fraction of sp³-hybridized carbons (Fsp3) is 0.385. The van der Waals surface area contributed by atoms with E-state index < -0.39 is 11.7 Å². The van der Waals surface area contributed by atoms with Crippen molar-refractivity contribution in [2.45, 2.75) is 32.4 Å². The molecular weight excluding hydrogens is 232 g/mol. The Labute approximate surface area is 98.0 Å². The first-order valence-electron chi connectivity index (χ1n) is 5.37. The van der Waals surface area contributed by atoms with Gasteiger partial charge in [-0.15, -0.1) is 0 Å². The van der Waals surface area contributed by atoms with E-state index >= 15 is 0 Å². The Morgan fingerprint density at radius 3 is 2.41 bits per heavy atom. The summed E-state index contributed by atoms with van der Waals surface area (Å²) in [6.45, 7) is 4.80. The second-order valence-electron chi connectivity index (χ2n) is 3.88. The van der Waals surface area contributed by atoms with Crippen molar-refractivity contribution in [3.8, 4) is 0 Å². The minimum atomic E-state index is -4.36. The van der Waals surface area contributed by atoms with Crippen LogP contribution in [0, 0.1) is 5.82 Å². The number of rotatable bonds is 4. The van der Waals surface area contributed by atoms with Gasteiger partial charge in [-0.2, -0.15) is 13.2 Å². The quantitative estimate of drug-likeness (QED) is 0.544. The predicted molar refractivity (Wildman–Crippen MR) is 59.3 cm³/mol. The van der Waals surface area contributed by atoms with Gasteiger partial charge in [0.2, 0.25) is 0 Å². The number of hydrogen-bond donors (Lipinski definition) is 0. The lowest BCUT2D eigenvalue weighted by atomic mass is 10.0. The summed E-state index contributed by atoms with van der Waals surface area (Å²) in [4.78, 5) is 0. The number of alkyl halides is 3. The van der Waals surface area contributed by atoms with Crippen LogP contribution in [0.2, 0.25) is 0 Å². The molecule has 94 valence electrons. The molecule has 0 radical (unpaired) electrons. The zero-order valence-corrected chi connectivity index (χ0v) is 9.57. The van der Waals surface area contributed by atoms with Gasteiger partial charge in [0.15, 0.2) is 0 Å². The standard InChI is InChI=1S/C13H14F4/c1-3-11-7-6-10(8-12(11)14)5-4-9(2)13(15,16)17/h6-8H,2-5H2,1H3. The molecule has 17 heavy (non-hydrogen) atoms. The van der Waals surface area contributed by atoms with Crippen LogP contribution in [0.15, 0.2) is 30.4 Å². The normalized spacial score (nSPS) is 11.6. The molecule has 0 saturated heterocycles. The van der Waals surface area contributed by atoms with E-state index in [-0.39, 0.29) is 18.7 Å². The third kappa shape index (κ3) is 3.88. The van der Waals surface area contributed by atoms with E-state index in [1.54, 1.807) is 12.1 Å². The summed E-state index contributed by atoms with van der Waals surface area (Å²) < 4.78 is 49.9. The zero-order valence-electron chi connectivity index (χ0n) is 9.57. The largest absolute Gasteiger partial charge is 0.412 e. The van der Waals surface area contributed by atoms with E-state index in [2.05, 4.69) is 6.58 Å². The molecule has 0 unspecified atom stereocenters. The fourth-order valence-corrected chi connectivity index (χ4v) is 1.47. The van der Waals surface area contributed by atoms with Gasteiger partial charge in [-0.05, 0) is 36.5 Å². The molecule has 0 amide bonds. The van der Waals surface area contributed by atoms with Crippen LogP contribution in [-0.4, -0.2) is 6.18 Å². The van der Waals surface area contributed by atoms with Gasteiger partial charge in [0.05, 0.1) is 0 Å². The Balaban J connectivity index is 2.65. The Hall–Kier alpha value is -1.32. The molecule has 0 fully saturated rings. The molecule has 0 heterocycles. The van der Waals surface area contributed by atoms with Gasteiger partial charge >= 0.3 is 6.18 Å². The van der Waals surface area contributed by atoms with Crippen molar-refractivity contribution < 1.29 is 17.6 Å². The van der Waals surface area contributed by atoms with Gasteiger partial charge in [0.25, 0.3) is 0 Å². The number of hydrogen-bond acceptors (Lipinski definition) is 0. The summed E-state index contributed by atoms with van der Waals surface area (Å²) in [5.41, 5.74) is 0.353. The van der Waals surface area contributed by atoms with Gasteiger partial charge in [-0.25, -0.2) is 4.39 Å². The maximum Gasteiger partial charge on any atom is 0.412 e. The smallest absolute Gasteiger partial charge is 0.207 e. The maximum absolute atomic E-state index is 13.4. The van der Waals surface area contributed by atoms with Crippen LogP contribution < -0.4 is 0 Å². The van der Waals surface area contributed by atoms with Crippen LogP contribution >= 0.6 is 0 Å². The Morgan fingerprint density at radius 1 is 1.29 bits per heavy atom. The summed E-state index contributed by atoms with van der Waals surface area (Å²) in [7, 11) is 0. The molecule has 1 aromatic carbocycles. The minimum absolute atomic E-state index is 0.152. The zero-order chi connectivity index (χ0) is 13.1. The first kappa shape index (κ1) is 13.7. The molecule has 0 nitrogen and oxygen atoms in total. The van der Waals surface area contributed by atoms with Gasteiger partial charge < -0.3 is 0 Å². The van der Waals surface area contributed by atoms with E-state index in [9.17, 15) is 17.6 Å². The van der Waals surface area contributed by atoms with Crippen molar-refractivity contribution in [3.63, 3.8) is 0 Å². The molecule has 0 spiro atoms. The van der Waals surface area contributed by atoms with Crippen molar-refractivity contribution in [1.29, 1.82) is 0 Å². The van der Waals surface area contributed by atoms with E-state index in [1.807, 2.05) is 6.92 Å². The van der Waals surface area contributed by atoms with E-state index in [0.29, 0.717) is 17.5 Å². The molecule has 0 atom stereocenters. The van der Waals surface area contributed by atoms with Gasteiger partial charge in [-0.3, -0.25) is 0 Å². The second kappa shape index (κ2) is 5.34. The number of allylic oxidation sites excluding steroid dienone is 1. The summed E-state index contributed by atoms with van der Waals surface area (Å²) >= 11 is 0. The van der Waals surface area contributed by atoms with Crippen molar-refractivity contribution in [1.82, 2.24) is 0 Å². The van der Waals surface area contributed by atoms with Crippen LogP contribution in [0.25, 0.3) is 0 Å². The van der Waals surface area contributed by atoms with E-state index in [0.717, 1.165) is 0 Å². The number of aryl methyl sites for hydroxylation is 2. The molecule has 0 aromatic heterocycles. The van der Waals surface area contributed by atoms with Crippen LogP contribution in [0.4, 0.5) is 17.6 Å². The van der Waals surface area contributed by atoms with E-state index in [1.165, 1.54) is 6.07 Å². The molecule has 0 aliphatic heterocycles. The van der Waals surface area contributed by atoms with E-state index in [4.69, 9.17) is 0 Å². The van der Waals surface area contributed by atoms with Gasteiger partial charge in [0.1, 0.15) is 5.82 Å². The average molecular weight is 246 g/mol. The number of benzene rings is 1. The first-order chi connectivity index (χ1) is 7.84. The average Bonchev–Trinajstić information content (AvgIpc) is 2.24. The lowest BCUT2D eigenvalue weighted by Gasteiger charge is -2.10. The van der Waals surface area contributed by atoms with Crippen LogP contribution in [-0.2, 0) is 12.8 Å². The Bertz CT molecular complexity index is 404. The first-order valence-corrected chi connectivity index (χ1v) is 5.37. The highest BCUT2D eigenvalue weighted by atomic mass is 19.4. The van der Waals surface area contributed by atoms with Gasteiger partial charge in [0, 0.05) is 5.57 Å². The summed E-state index contributed by atoms with van der Waals surface area (Å²) in [6.07, 6.45) is -3.84. The van der Waals surface area contributed by atoms with Crippen LogP contribution in [0.5, 0.6) is 0 Å². The SMILES string of the molecule is C=C(CCc1ccc(CC)c(F)c1)C(F)(F)F. The van der Waals surface area contributed by atoms with Gasteiger partial charge in [-0.1, -0.05) is 25.6 Å². The lowest BCUT2D eigenvalue weighted by Crippen LogP contribution is -2.11. The van der Waals surface area contributed by atoms with Crippen LogP contribution in [0.3, 0.4) is 0 Å². The monoisotopic (exact) mass is 246 g/mol. The Morgan fingerprint density at radius 2 is 1.94 bits per heavy atom. The molecule has 1 aromatic rings. The summed E-state index contributed by atoms with van der Waals surface area (Å²) in [5, 5.41) is 0. The summed E-state index contributed by atoms with van der Waals surface area (Å²) in [5.74, 6) is -0.359. The number of halogens is 4. The molecule has 0 N–H and O–H groups in total. The topological polar surface area (TPSA) is 0 Å². The lowest BCUT2D eigenvalue weighted by molar-refractivity contribution is -0.0935. The molecule has 4 heteroatoms. The fourth-order valence-electron chi connectivity index (χ4n) is 1.47. The molecular formula is C13H14F4. The van der Waals surface area contributed by atoms with Crippen LogP contribution in [0.1, 0.15) is 24.5 Å². The highest BCUT2D eigenvalue weighted by Crippen LogP contribution is 2.27. The minimum Gasteiger partial charge on any atom is -0.207 e. The molecule has 0 saturated carbocycles. The second-order valence-corrected chi connectivity index (χ2v) is 3.88. The maximum atomic E-state index is 13.4. The molecule has 1 rings (SSSR count). The summed E-state index contributed by atoms with van der Waals surface area (Å²) in [6, 6.07) is 4.56. The highest BCUT2D eigenvalue weighted by molar-refractivity contribution is 5.25. The third-order valence-corrected chi connectivity index (χ3v) is 2.61.